The van der Waals surface area contributed by atoms with Gasteiger partial charge in [-0.1, -0.05) is 13.3 Å². The number of thiophene rings is 1. The van der Waals surface area contributed by atoms with E-state index < -0.39 is 17.8 Å². The number of amides is 1. The summed E-state index contributed by atoms with van der Waals surface area (Å²) in [5, 5.41) is 13.2. The number of aryl methyl sites for hydroxylation is 1. The molecule has 4 atom stereocenters. The fraction of sp³-hybridized carbons (Fsp3) is 0.682. The Morgan fingerprint density at radius 2 is 1.86 bits per heavy atom. The Balaban J connectivity index is 1.58. The summed E-state index contributed by atoms with van der Waals surface area (Å²) in [5.74, 6) is -2.36. The molecule has 0 aromatic carbocycles. The maximum absolute atomic E-state index is 13.1. The van der Waals surface area contributed by atoms with Crippen molar-refractivity contribution in [1.82, 2.24) is 0 Å². The molecule has 158 valence electrons. The number of aliphatic carboxylic acids is 1. The first-order valence-corrected chi connectivity index (χ1v) is 11.7. The van der Waals surface area contributed by atoms with E-state index in [4.69, 9.17) is 4.74 Å². The van der Waals surface area contributed by atoms with Crippen molar-refractivity contribution in [3.05, 3.63) is 16.0 Å². The lowest BCUT2D eigenvalue weighted by Crippen LogP contribution is -2.38. The Hall–Kier alpha value is -1.89. The quantitative estimate of drug-likeness (QED) is 0.509. The highest BCUT2D eigenvalue weighted by Gasteiger charge is 2.54. The van der Waals surface area contributed by atoms with Gasteiger partial charge in [0, 0.05) is 4.88 Å². The number of rotatable bonds is 7. The van der Waals surface area contributed by atoms with Gasteiger partial charge in [0.1, 0.15) is 5.00 Å². The zero-order valence-corrected chi connectivity index (χ0v) is 17.7. The summed E-state index contributed by atoms with van der Waals surface area (Å²) in [5.41, 5.74) is 1.52. The van der Waals surface area contributed by atoms with E-state index in [1.165, 1.54) is 11.3 Å². The third kappa shape index (κ3) is 3.81. The van der Waals surface area contributed by atoms with Crippen LogP contribution in [-0.2, 0) is 27.2 Å². The van der Waals surface area contributed by atoms with Gasteiger partial charge in [-0.05, 0) is 68.8 Å². The van der Waals surface area contributed by atoms with Crippen molar-refractivity contribution >= 4 is 34.2 Å². The molecule has 4 rings (SSSR count). The SMILES string of the molecule is CCCCOC(=O)c1c(NC(=O)[C@H]2[C@@H]3CC[C@H](C3)[C@@H]2C(=O)O)sc2c1CCCC2. The van der Waals surface area contributed by atoms with E-state index in [2.05, 4.69) is 5.32 Å². The van der Waals surface area contributed by atoms with E-state index in [-0.39, 0.29) is 23.7 Å². The van der Waals surface area contributed by atoms with Crippen molar-refractivity contribution in [2.45, 2.75) is 64.7 Å². The predicted molar refractivity (Wildman–Crippen MR) is 110 cm³/mol. The molecule has 2 N–H and O–H groups in total. The predicted octanol–water partition coefficient (Wildman–Crippen LogP) is 4.27. The molecular formula is C22H29NO5S. The molecule has 0 aliphatic heterocycles. The third-order valence-corrected chi connectivity index (χ3v) is 8.05. The second-order valence-corrected chi connectivity index (χ2v) is 9.72. The maximum Gasteiger partial charge on any atom is 0.341 e. The number of carboxylic acid groups (broad SMARTS) is 1. The van der Waals surface area contributed by atoms with Crippen LogP contribution in [0.1, 0.15) is 72.7 Å². The Morgan fingerprint density at radius 3 is 2.59 bits per heavy atom. The fourth-order valence-corrected chi connectivity index (χ4v) is 6.75. The highest BCUT2D eigenvalue weighted by molar-refractivity contribution is 7.17. The normalized spacial score (nSPS) is 27.5. The highest BCUT2D eigenvalue weighted by Crippen LogP contribution is 2.53. The summed E-state index contributed by atoms with van der Waals surface area (Å²) < 4.78 is 5.47. The number of unbranched alkanes of at least 4 members (excludes halogenated alkanes) is 1. The average Bonchev–Trinajstić information content (AvgIpc) is 3.40. The molecule has 2 bridgehead atoms. The number of anilines is 1. The van der Waals surface area contributed by atoms with Gasteiger partial charge in [0.15, 0.2) is 0 Å². The number of fused-ring (bicyclic) bond motifs is 3. The summed E-state index contributed by atoms with van der Waals surface area (Å²) in [7, 11) is 0. The van der Waals surface area contributed by atoms with Crippen LogP contribution >= 0.6 is 11.3 Å². The molecule has 29 heavy (non-hydrogen) atoms. The summed E-state index contributed by atoms with van der Waals surface area (Å²) in [6.45, 7) is 2.42. The third-order valence-electron chi connectivity index (χ3n) is 6.85. The van der Waals surface area contributed by atoms with Gasteiger partial charge in [0.2, 0.25) is 5.91 Å². The summed E-state index contributed by atoms with van der Waals surface area (Å²) in [6, 6.07) is 0. The highest BCUT2D eigenvalue weighted by atomic mass is 32.1. The summed E-state index contributed by atoms with van der Waals surface area (Å²) in [4.78, 5) is 38.9. The molecule has 2 saturated carbocycles. The number of nitrogens with one attached hydrogen (secondary N) is 1. The summed E-state index contributed by atoms with van der Waals surface area (Å²) in [6.07, 6.45) is 8.24. The first-order valence-electron chi connectivity index (χ1n) is 10.9. The zero-order chi connectivity index (χ0) is 20.5. The summed E-state index contributed by atoms with van der Waals surface area (Å²) >= 11 is 1.47. The maximum atomic E-state index is 13.1. The van der Waals surface area contributed by atoms with Gasteiger partial charge in [0.25, 0.3) is 0 Å². The van der Waals surface area contributed by atoms with Gasteiger partial charge >= 0.3 is 11.9 Å². The molecule has 3 aliphatic carbocycles. The standard InChI is InChI=1S/C22H29NO5S/c1-2-3-10-28-22(27)18-14-6-4-5-7-15(14)29-20(18)23-19(24)16-12-8-9-13(11-12)17(16)21(25)26/h12-13,16-17H,2-11H2,1H3,(H,23,24)(H,25,26)/t12-,13-,16+,17+/m1/s1. The molecule has 1 aromatic heterocycles. The molecule has 6 nitrogen and oxygen atoms in total. The molecule has 1 aromatic rings. The lowest BCUT2D eigenvalue weighted by Gasteiger charge is -2.27. The van der Waals surface area contributed by atoms with Crippen LogP contribution < -0.4 is 5.32 Å². The molecule has 0 unspecified atom stereocenters. The van der Waals surface area contributed by atoms with E-state index in [0.29, 0.717) is 17.2 Å². The van der Waals surface area contributed by atoms with E-state index in [9.17, 15) is 19.5 Å². The van der Waals surface area contributed by atoms with E-state index in [1.807, 2.05) is 6.92 Å². The van der Waals surface area contributed by atoms with Crippen molar-refractivity contribution in [2.24, 2.45) is 23.7 Å². The van der Waals surface area contributed by atoms with Crippen LogP contribution in [-0.4, -0.2) is 29.6 Å². The van der Waals surface area contributed by atoms with Gasteiger partial charge in [-0.15, -0.1) is 11.3 Å². The van der Waals surface area contributed by atoms with E-state index >= 15 is 0 Å². The Bertz CT molecular complexity index is 816. The van der Waals surface area contributed by atoms with Crippen molar-refractivity contribution in [2.75, 3.05) is 11.9 Å². The van der Waals surface area contributed by atoms with Crippen molar-refractivity contribution in [1.29, 1.82) is 0 Å². The molecule has 1 heterocycles. The monoisotopic (exact) mass is 419 g/mol. The second-order valence-electron chi connectivity index (χ2n) is 8.62. The largest absolute Gasteiger partial charge is 0.481 e. The number of hydrogen-bond acceptors (Lipinski definition) is 5. The molecule has 0 saturated heterocycles. The van der Waals surface area contributed by atoms with Gasteiger partial charge in [-0.25, -0.2) is 4.79 Å². The minimum atomic E-state index is -0.873. The number of hydrogen-bond donors (Lipinski definition) is 2. The second kappa shape index (κ2) is 8.46. The van der Waals surface area contributed by atoms with E-state index in [0.717, 1.165) is 68.2 Å². The first kappa shape index (κ1) is 20.4. The molecular weight excluding hydrogens is 390 g/mol. The van der Waals surface area contributed by atoms with Gasteiger partial charge in [-0.2, -0.15) is 0 Å². The van der Waals surface area contributed by atoms with Crippen LogP contribution in [0.15, 0.2) is 0 Å². The Morgan fingerprint density at radius 1 is 1.14 bits per heavy atom. The minimum Gasteiger partial charge on any atom is -0.481 e. The zero-order valence-electron chi connectivity index (χ0n) is 16.9. The molecule has 0 spiro atoms. The topological polar surface area (TPSA) is 92.7 Å². The van der Waals surface area contributed by atoms with Crippen molar-refractivity contribution in [3.8, 4) is 0 Å². The molecule has 0 radical (unpaired) electrons. The minimum absolute atomic E-state index is 0.100. The first-order chi connectivity index (χ1) is 14.0. The molecule has 1 amide bonds. The molecule has 2 fully saturated rings. The number of carboxylic acids is 1. The lowest BCUT2D eigenvalue weighted by atomic mass is 9.78. The number of ether oxygens (including phenoxy) is 1. The van der Waals surface area contributed by atoms with E-state index in [1.54, 1.807) is 0 Å². The van der Waals surface area contributed by atoms with Crippen LogP contribution in [0.4, 0.5) is 5.00 Å². The van der Waals surface area contributed by atoms with Gasteiger partial charge < -0.3 is 15.2 Å². The Kier molecular flexibility index (Phi) is 5.95. The average molecular weight is 420 g/mol. The van der Waals surface area contributed by atoms with Crippen LogP contribution in [0.3, 0.4) is 0 Å². The van der Waals surface area contributed by atoms with Crippen molar-refractivity contribution < 1.29 is 24.2 Å². The fourth-order valence-electron chi connectivity index (χ4n) is 5.47. The van der Waals surface area contributed by atoms with Crippen LogP contribution in [0, 0.1) is 23.7 Å². The molecule has 7 heteroatoms. The lowest BCUT2D eigenvalue weighted by molar-refractivity contribution is -0.148. The Labute approximate surface area is 175 Å². The number of carbonyl (C=O) groups excluding carboxylic acids is 2. The van der Waals surface area contributed by atoms with Gasteiger partial charge in [-0.3, -0.25) is 9.59 Å². The van der Waals surface area contributed by atoms with Crippen LogP contribution in [0.25, 0.3) is 0 Å². The molecule has 3 aliphatic rings. The van der Waals surface area contributed by atoms with Crippen LogP contribution in [0.5, 0.6) is 0 Å². The number of esters is 1. The number of carbonyl (C=O) groups is 3. The van der Waals surface area contributed by atoms with Crippen LogP contribution in [0.2, 0.25) is 0 Å². The smallest absolute Gasteiger partial charge is 0.341 e. The van der Waals surface area contributed by atoms with Crippen molar-refractivity contribution in [3.63, 3.8) is 0 Å². The van der Waals surface area contributed by atoms with Gasteiger partial charge in [0.05, 0.1) is 24.0 Å².